The molecule has 106 valence electrons. The Bertz CT molecular complexity index is 522. The van der Waals surface area contributed by atoms with E-state index < -0.39 is 5.97 Å². The molecule has 2 aromatic carbocycles. The summed E-state index contributed by atoms with van der Waals surface area (Å²) in [7, 11) is 1.37. The van der Waals surface area contributed by atoms with Gasteiger partial charge >= 0.3 is 11.9 Å². The molecular weight excluding hydrogens is 260 g/mol. The van der Waals surface area contributed by atoms with Gasteiger partial charge in [-0.3, -0.25) is 0 Å². The van der Waals surface area contributed by atoms with Crippen LogP contribution < -0.4 is 0 Å². The molecule has 0 bridgehead atoms. The molecule has 2 rings (SSSR count). The topological polar surface area (TPSA) is 95.1 Å². The molecule has 0 saturated carbocycles. The van der Waals surface area contributed by atoms with Gasteiger partial charge in [0.1, 0.15) is 0 Å². The van der Waals surface area contributed by atoms with E-state index in [4.69, 9.17) is 5.11 Å². The Morgan fingerprint density at radius 1 is 0.850 bits per heavy atom. The summed E-state index contributed by atoms with van der Waals surface area (Å²) in [5.74, 6) is -1.17. The predicted molar refractivity (Wildman–Crippen MR) is 74.8 cm³/mol. The zero-order valence-electron chi connectivity index (χ0n) is 10.9. The second-order valence-electron chi connectivity index (χ2n) is 3.53. The normalized spacial score (nSPS) is 8.45. The van der Waals surface area contributed by atoms with E-state index in [0.29, 0.717) is 11.1 Å². The first kappa shape index (κ1) is 17.3. The van der Waals surface area contributed by atoms with Gasteiger partial charge in [0.2, 0.25) is 0 Å². The van der Waals surface area contributed by atoms with Gasteiger partial charge < -0.3 is 15.3 Å². The molecule has 0 fully saturated rings. The lowest BCUT2D eigenvalue weighted by molar-refractivity contribution is 0.0599. The van der Waals surface area contributed by atoms with Crippen LogP contribution in [0.5, 0.6) is 0 Å². The molecule has 3 N–H and O–H groups in total. The minimum Gasteiger partial charge on any atom is -0.478 e. The van der Waals surface area contributed by atoms with Crippen LogP contribution >= 0.6 is 0 Å². The lowest BCUT2D eigenvalue weighted by Crippen LogP contribution is -1.99. The monoisotopic (exact) mass is 276 g/mol. The van der Waals surface area contributed by atoms with Crippen LogP contribution in [0.1, 0.15) is 20.7 Å². The molecule has 0 radical (unpaired) electrons. The number of methoxy groups -OCH3 is 1. The fourth-order valence-electron chi connectivity index (χ4n) is 1.27. The fourth-order valence-corrected chi connectivity index (χ4v) is 1.27. The smallest absolute Gasteiger partial charge is 0.337 e. The van der Waals surface area contributed by atoms with Crippen molar-refractivity contribution in [3.63, 3.8) is 0 Å². The predicted octanol–water partition coefficient (Wildman–Crippen LogP) is 2.03. The summed E-state index contributed by atoms with van der Waals surface area (Å²) in [5.41, 5.74) is 0.919. The van der Waals surface area contributed by atoms with Crippen LogP contribution in [0, 0.1) is 0 Å². The van der Waals surface area contributed by atoms with E-state index in [2.05, 4.69) is 4.74 Å². The van der Waals surface area contributed by atoms with Crippen LogP contribution in [0.25, 0.3) is 0 Å². The molecule has 5 nitrogen and oxygen atoms in total. The molecule has 0 spiro atoms. The van der Waals surface area contributed by atoms with E-state index in [-0.39, 0.29) is 11.4 Å². The average molecular weight is 276 g/mol. The van der Waals surface area contributed by atoms with E-state index in [1.165, 1.54) is 7.11 Å². The first-order chi connectivity index (χ1) is 9.15. The third-order valence-corrected chi connectivity index (χ3v) is 2.22. The van der Waals surface area contributed by atoms with E-state index in [9.17, 15) is 9.59 Å². The highest BCUT2D eigenvalue weighted by atomic mass is 16.5. The number of ether oxygens (including phenoxy) is 1. The molecule has 20 heavy (non-hydrogen) atoms. The number of hydrogen-bond acceptors (Lipinski definition) is 3. The molecule has 0 atom stereocenters. The molecule has 0 amide bonds. The Morgan fingerprint density at radius 3 is 1.55 bits per heavy atom. The maximum atomic E-state index is 10.8. The zero-order chi connectivity index (χ0) is 14.1. The van der Waals surface area contributed by atoms with Crippen molar-refractivity contribution in [3.05, 3.63) is 71.8 Å². The number of carbonyl (C=O) groups excluding carboxylic acids is 1. The van der Waals surface area contributed by atoms with Gasteiger partial charge in [-0.1, -0.05) is 36.4 Å². The van der Waals surface area contributed by atoms with Gasteiger partial charge in [0.25, 0.3) is 0 Å². The Kier molecular flexibility index (Phi) is 8.06. The number of hydrogen-bond donors (Lipinski definition) is 1. The van der Waals surface area contributed by atoms with Crippen LogP contribution in [0.4, 0.5) is 0 Å². The van der Waals surface area contributed by atoms with Gasteiger partial charge in [-0.25, -0.2) is 9.59 Å². The zero-order valence-corrected chi connectivity index (χ0v) is 10.9. The lowest BCUT2D eigenvalue weighted by Gasteiger charge is -1.95. The third-order valence-electron chi connectivity index (χ3n) is 2.22. The summed E-state index contributed by atoms with van der Waals surface area (Å²) in [4.78, 5) is 21.0. The largest absolute Gasteiger partial charge is 0.478 e. The second kappa shape index (κ2) is 9.29. The molecule has 5 heteroatoms. The molecule has 0 heterocycles. The maximum absolute atomic E-state index is 10.8. The van der Waals surface area contributed by atoms with E-state index >= 15 is 0 Å². The molecule has 0 aromatic heterocycles. The Hall–Kier alpha value is -2.66. The maximum Gasteiger partial charge on any atom is 0.337 e. The van der Waals surface area contributed by atoms with E-state index in [1.807, 2.05) is 6.07 Å². The highest BCUT2D eigenvalue weighted by Crippen LogP contribution is 1.99. The minimum absolute atomic E-state index is 0. The standard InChI is InChI=1S/C8H8O2.C7H6O2.H2O/c1-10-8(9)7-5-3-2-4-6-7;8-7(9)6-4-2-1-3-5-6;/h2-6H,1H3;1-5H,(H,8,9);1H2. The van der Waals surface area contributed by atoms with Crippen molar-refractivity contribution >= 4 is 11.9 Å². The first-order valence-electron chi connectivity index (χ1n) is 5.57. The Labute approximate surface area is 116 Å². The molecular formula is C15H16O5. The summed E-state index contributed by atoms with van der Waals surface area (Å²) in [5, 5.41) is 8.38. The van der Waals surface area contributed by atoms with Crippen molar-refractivity contribution in [2.45, 2.75) is 0 Å². The van der Waals surface area contributed by atoms with Crippen LogP contribution in [0.2, 0.25) is 0 Å². The van der Waals surface area contributed by atoms with Crippen molar-refractivity contribution in [3.8, 4) is 0 Å². The molecule has 2 aromatic rings. The third kappa shape index (κ3) is 5.79. The number of carboxylic acids is 1. The number of aromatic carboxylic acids is 1. The van der Waals surface area contributed by atoms with Crippen molar-refractivity contribution in [1.29, 1.82) is 0 Å². The van der Waals surface area contributed by atoms with Crippen molar-refractivity contribution in [2.24, 2.45) is 0 Å². The van der Waals surface area contributed by atoms with Gasteiger partial charge in [-0.2, -0.15) is 0 Å². The number of benzene rings is 2. The molecule has 0 aliphatic rings. The number of carbonyl (C=O) groups is 2. The van der Waals surface area contributed by atoms with Crippen LogP contribution in [0.3, 0.4) is 0 Å². The van der Waals surface area contributed by atoms with Crippen molar-refractivity contribution in [1.82, 2.24) is 0 Å². The fraction of sp³-hybridized carbons (Fsp3) is 0.0667. The summed E-state index contributed by atoms with van der Waals surface area (Å²) >= 11 is 0. The van der Waals surface area contributed by atoms with Crippen LogP contribution in [-0.4, -0.2) is 29.6 Å². The Morgan fingerprint density at radius 2 is 1.25 bits per heavy atom. The minimum atomic E-state index is -0.879. The number of rotatable bonds is 2. The summed E-state index contributed by atoms with van der Waals surface area (Å²) in [6.07, 6.45) is 0. The van der Waals surface area contributed by atoms with Crippen molar-refractivity contribution < 1.29 is 24.9 Å². The second-order valence-corrected chi connectivity index (χ2v) is 3.53. The summed E-state index contributed by atoms with van der Waals surface area (Å²) in [6, 6.07) is 17.2. The van der Waals surface area contributed by atoms with Crippen molar-refractivity contribution in [2.75, 3.05) is 7.11 Å². The van der Waals surface area contributed by atoms with Gasteiger partial charge in [-0.15, -0.1) is 0 Å². The lowest BCUT2D eigenvalue weighted by atomic mass is 10.2. The SMILES string of the molecule is COC(=O)c1ccccc1.O.O=C(O)c1ccccc1. The highest BCUT2D eigenvalue weighted by molar-refractivity contribution is 5.89. The molecule has 0 aliphatic carbocycles. The van der Waals surface area contributed by atoms with Gasteiger partial charge in [-0.05, 0) is 24.3 Å². The number of carboxylic acid groups (broad SMARTS) is 1. The van der Waals surface area contributed by atoms with Gasteiger partial charge in [0.05, 0.1) is 18.2 Å². The van der Waals surface area contributed by atoms with Crippen LogP contribution in [0.15, 0.2) is 60.7 Å². The van der Waals surface area contributed by atoms with E-state index in [0.717, 1.165) is 0 Å². The van der Waals surface area contributed by atoms with Gasteiger partial charge in [0.15, 0.2) is 0 Å². The van der Waals surface area contributed by atoms with E-state index in [1.54, 1.807) is 54.6 Å². The highest BCUT2D eigenvalue weighted by Gasteiger charge is 2.00. The molecule has 0 saturated heterocycles. The molecule has 0 unspecified atom stereocenters. The summed E-state index contributed by atoms with van der Waals surface area (Å²) < 4.78 is 4.50. The first-order valence-corrected chi connectivity index (χ1v) is 5.57. The quantitative estimate of drug-likeness (QED) is 0.849. The Balaban J connectivity index is 0.000000345. The van der Waals surface area contributed by atoms with Crippen LogP contribution in [-0.2, 0) is 4.74 Å². The molecule has 0 aliphatic heterocycles. The van der Waals surface area contributed by atoms with Gasteiger partial charge in [0, 0.05) is 0 Å². The number of esters is 1. The average Bonchev–Trinajstić information content (AvgIpc) is 2.49. The summed E-state index contributed by atoms with van der Waals surface area (Å²) in [6.45, 7) is 0.